The monoisotopic (exact) mass is 427 g/mol. The van der Waals surface area contributed by atoms with Crippen LogP contribution < -0.4 is 22.1 Å². The third-order valence-electron chi connectivity index (χ3n) is 5.31. The lowest BCUT2D eigenvalue weighted by Crippen LogP contribution is -2.30. The van der Waals surface area contributed by atoms with Gasteiger partial charge in [0.15, 0.2) is 11.6 Å². The Morgan fingerprint density at radius 2 is 2.03 bits per heavy atom. The number of carbonyl (C=O) groups excluding carboxylic acids is 2. The molecule has 2 aromatic rings. The van der Waals surface area contributed by atoms with Crippen molar-refractivity contribution in [1.82, 2.24) is 19.2 Å². The van der Waals surface area contributed by atoms with Crippen LogP contribution in [0.15, 0.2) is 35.5 Å². The number of imidazole rings is 1. The highest BCUT2D eigenvalue weighted by molar-refractivity contribution is 6.13. The number of hydrogen-bond acceptors (Lipinski definition) is 6. The third kappa shape index (κ3) is 4.11. The number of likely N-dealkylation sites (N-methyl/N-ethyl adjacent to an activating group) is 1. The summed E-state index contributed by atoms with van der Waals surface area (Å²) in [6.07, 6.45) is 7.48. The Morgan fingerprint density at radius 3 is 2.58 bits per heavy atom. The van der Waals surface area contributed by atoms with Crippen LogP contribution in [0.5, 0.6) is 0 Å². The number of nitrogens with two attached hydrogens (primary N) is 3. The van der Waals surface area contributed by atoms with Gasteiger partial charge in [-0.2, -0.15) is 4.99 Å². The lowest BCUT2D eigenvalue weighted by atomic mass is 10.1. The first-order valence-electron chi connectivity index (χ1n) is 9.60. The Bertz CT molecular complexity index is 1080. The van der Waals surface area contributed by atoms with E-state index in [0.717, 1.165) is 29.0 Å². The predicted molar refractivity (Wildman–Crippen MR) is 119 cm³/mol. The molecule has 2 aliphatic rings. The maximum atomic E-state index is 12.6. The van der Waals surface area contributed by atoms with E-state index in [9.17, 15) is 9.59 Å². The van der Waals surface area contributed by atoms with Gasteiger partial charge in [-0.15, -0.1) is 0 Å². The van der Waals surface area contributed by atoms with Crippen LogP contribution in [0, 0.1) is 0 Å². The minimum absolute atomic E-state index is 0. The van der Waals surface area contributed by atoms with Crippen molar-refractivity contribution in [3.8, 4) is 0 Å². The molecular weight excluding hydrogens is 398 g/mol. The van der Waals surface area contributed by atoms with Gasteiger partial charge in [-0.25, -0.2) is 9.78 Å². The molecule has 166 valence electrons. The van der Waals surface area contributed by atoms with Crippen LogP contribution in [0.3, 0.4) is 0 Å². The smallest absolute Gasteiger partial charge is 0.331 e. The van der Waals surface area contributed by atoms with Crippen LogP contribution in [0.2, 0.25) is 0 Å². The number of aromatic nitrogens is 2. The standard InChI is InChI=1S/C19H25N9O2.CH4/c1-25(15(6-20)24-18(21)22)8-13-9-27-7-12(11-3-4-11)5-14(17(27)23-13)28-10-16(29)26(2)19(28)30;/h5-7,9,11H,3-4,8,10,20H2,1-2H3,(H4,21,22,24);1H4/b15-6+;. The molecule has 0 radical (unpaired) electrons. The molecule has 1 saturated heterocycles. The van der Waals surface area contributed by atoms with Crippen molar-refractivity contribution in [3.05, 3.63) is 41.7 Å². The molecule has 6 N–H and O–H groups in total. The van der Waals surface area contributed by atoms with E-state index in [1.165, 1.54) is 18.1 Å². The molecule has 3 amide bonds. The molecule has 2 fully saturated rings. The summed E-state index contributed by atoms with van der Waals surface area (Å²) in [4.78, 5) is 37.8. The molecule has 1 aliphatic carbocycles. The number of hydrogen-bond donors (Lipinski definition) is 3. The Morgan fingerprint density at radius 1 is 1.32 bits per heavy atom. The zero-order valence-corrected chi connectivity index (χ0v) is 16.9. The van der Waals surface area contributed by atoms with E-state index in [1.54, 1.807) is 11.9 Å². The van der Waals surface area contributed by atoms with Crippen LogP contribution in [0.25, 0.3) is 5.65 Å². The Labute approximate surface area is 180 Å². The highest BCUT2D eigenvalue weighted by Gasteiger charge is 2.36. The number of pyridine rings is 1. The van der Waals surface area contributed by atoms with Gasteiger partial charge < -0.3 is 26.5 Å². The van der Waals surface area contributed by atoms with E-state index in [0.29, 0.717) is 29.6 Å². The van der Waals surface area contributed by atoms with Crippen molar-refractivity contribution < 1.29 is 9.59 Å². The number of urea groups is 1. The van der Waals surface area contributed by atoms with Gasteiger partial charge in [0.25, 0.3) is 0 Å². The van der Waals surface area contributed by atoms with Gasteiger partial charge in [-0.1, -0.05) is 7.43 Å². The second kappa shape index (κ2) is 8.17. The minimum Gasteiger partial charge on any atom is -0.402 e. The second-order valence-electron chi connectivity index (χ2n) is 7.64. The van der Waals surface area contributed by atoms with E-state index in [2.05, 4.69) is 4.99 Å². The average Bonchev–Trinajstić information content (AvgIpc) is 3.43. The SMILES string of the molecule is C.CN1C(=O)CN(c2cc(C3CC3)cn3cc(CN(C)/C(=C/N)N=C(N)N)nc23)C1=O. The molecule has 11 nitrogen and oxygen atoms in total. The molecule has 1 aliphatic heterocycles. The van der Waals surface area contributed by atoms with Crippen molar-refractivity contribution in [2.45, 2.75) is 32.7 Å². The van der Waals surface area contributed by atoms with Crippen LogP contribution >= 0.6 is 0 Å². The summed E-state index contributed by atoms with van der Waals surface area (Å²) < 4.78 is 1.91. The molecule has 0 spiro atoms. The number of aliphatic imine (C=N–C) groups is 1. The highest BCUT2D eigenvalue weighted by Crippen LogP contribution is 2.42. The number of carbonyl (C=O) groups is 2. The molecule has 0 aromatic carbocycles. The van der Waals surface area contributed by atoms with Crippen molar-refractivity contribution in [1.29, 1.82) is 0 Å². The van der Waals surface area contributed by atoms with E-state index >= 15 is 0 Å². The van der Waals surface area contributed by atoms with Gasteiger partial charge in [0.1, 0.15) is 12.4 Å². The number of amides is 3. The van der Waals surface area contributed by atoms with Crippen LogP contribution in [-0.2, 0) is 11.3 Å². The number of fused-ring (bicyclic) bond motifs is 1. The summed E-state index contributed by atoms with van der Waals surface area (Å²) in [5.41, 5.74) is 19.7. The van der Waals surface area contributed by atoms with Gasteiger partial charge >= 0.3 is 6.03 Å². The van der Waals surface area contributed by atoms with Crippen LogP contribution in [-0.4, -0.2) is 57.7 Å². The zero-order valence-electron chi connectivity index (χ0n) is 16.9. The minimum atomic E-state index is -0.349. The molecule has 31 heavy (non-hydrogen) atoms. The van der Waals surface area contributed by atoms with E-state index < -0.39 is 0 Å². The molecule has 2 aromatic heterocycles. The summed E-state index contributed by atoms with van der Waals surface area (Å²) in [5.74, 6) is 0.553. The maximum absolute atomic E-state index is 12.6. The summed E-state index contributed by atoms with van der Waals surface area (Å²) >= 11 is 0. The Hall–Kier alpha value is -3.76. The lowest BCUT2D eigenvalue weighted by molar-refractivity contribution is -0.123. The molecule has 4 rings (SSSR count). The maximum Gasteiger partial charge on any atom is 0.331 e. The second-order valence-corrected chi connectivity index (χ2v) is 7.64. The number of imide groups is 1. The van der Waals surface area contributed by atoms with Crippen molar-refractivity contribution in [2.75, 3.05) is 25.5 Å². The normalized spacial score (nSPS) is 16.6. The van der Waals surface area contributed by atoms with E-state index in [4.69, 9.17) is 22.2 Å². The number of guanidine groups is 1. The van der Waals surface area contributed by atoms with Crippen molar-refractivity contribution >= 4 is 29.2 Å². The van der Waals surface area contributed by atoms with Crippen LogP contribution in [0.4, 0.5) is 10.5 Å². The molecule has 0 bridgehead atoms. The van der Waals surface area contributed by atoms with E-state index in [-0.39, 0.29) is 31.9 Å². The van der Waals surface area contributed by atoms with Crippen LogP contribution in [0.1, 0.15) is 37.4 Å². The highest BCUT2D eigenvalue weighted by atomic mass is 16.2. The third-order valence-corrected chi connectivity index (χ3v) is 5.31. The van der Waals surface area contributed by atoms with Gasteiger partial charge in [-0.3, -0.25) is 14.6 Å². The molecule has 11 heteroatoms. The van der Waals surface area contributed by atoms with Crippen molar-refractivity contribution in [2.24, 2.45) is 22.2 Å². The fourth-order valence-electron chi connectivity index (χ4n) is 3.56. The Kier molecular flexibility index (Phi) is 5.78. The molecule has 0 atom stereocenters. The molecule has 1 saturated carbocycles. The fraction of sp³-hybridized carbons (Fsp3) is 0.400. The quantitative estimate of drug-likeness (QED) is 0.349. The summed E-state index contributed by atoms with van der Waals surface area (Å²) in [6, 6.07) is 1.63. The molecule has 0 unspecified atom stereocenters. The summed E-state index contributed by atoms with van der Waals surface area (Å²) in [6.45, 7) is 0.401. The van der Waals surface area contributed by atoms with Gasteiger partial charge in [0.05, 0.1) is 17.9 Å². The summed E-state index contributed by atoms with van der Waals surface area (Å²) in [5, 5.41) is 0. The first-order valence-corrected chi connectivity index (χ1v) is 9.60. The molecule has 3 heterocycles. The largest absolute Gasteiger partial charge is 0.402 e. The van der Waals surface area contributed by atoms with Gasteiger partial charge in [0, 0.05) is 32.7 Å². The average molecular weight is 428 g/mol. The topological polar surface area (TPSA) is 152 Å². The van der Waals surface area contributed by atoms with Gasteiger partial charge in [-0.05, 0) is 30.4 Å². The summed E-state index contributed by atoms with van der Waals surface area (Å²) in [7, 11) is 3.28. The lowest BCUT2D eigenvalue weighted by Gasteiger charge is -2.17. The van der Waals surface area contributed by atoms with E-state index in [1.807, 2.05) is 22.9 Å². The predicted octanol–water partition coefficient (Wildman–Crippen LogP) is 0.709. The number of anilines is 1. The first kappa shape index (κ1) is 21.9. The first-order chi connectivity index (χ1) is 14.3. The van der Waals surface area contributed by atoms with Gasteiger partial charge in [0.2, 0.25) is 5.91 Å². The Balaban J connectivity index is 0.00000272. The zero-order chi connectivity index (χ0) is 21.6. The molecular formula is C20H29N9O2. The van der Waals surface area contributed by atoms with Crippen molar-refractivity contribution in [3.63, 3.8) is 0 Å². The number of nitrogens with zero attached hydrogens (tertiary/aromatic N) is 6. The number of rotatable bonds is 6. The fourth-order valence-corrected chi connectivity index (χ4v) is 3.56.